The predicted octanol–water partition coefficient (Wildman–Crippen LogP) is 4.63. The number of rotatable bonds is 4. The van der Waals surface area contributed by atoms with Crippen molar-refractivity contribution >= 4 is 5.78 Å². The Labute approximate surface area is 199 Å². The van der Waals surface area contributed by atoms with Gasteiger partial charge in [0, 0.05) is 5.92 Å². The van der Waals surface area contributed by atoms with E-state index in [1.807, 2.05) is 13.0 Å². The molecule has 4 saturated carbocycles. The fraction of sp³-hybridized carbons (Fsp3) is 0.897. The summed E-state index contributed by atoms with van der Waals surface area (Å²) in [7, 11) is 0. The van der Waals surface area contributed by atoms with Crippen LogP contribution in [0.2, 0.25) is 0 Å². The van der Waals surface area contributed by atoms with E-state index in [9.17, 15) is 15.0 Å². The average Bonchev–Trinajstić information content (AvgIpc) is 3.64. The molecule has 4 heteroatoms. The Kier molecular flexibility index (Phi) is 4.79. The minimum absolute atomic E-state index is 0.0408. The van der Waals surface area contributed by atoms with E-state index in [1.54, 1.807) is 6.08 Å². The minimum Gasteiger partial charge on any atom is -0.393 e. The lowest BCUT2D eigenvalue weighted by molar-refractivity contribution is -0.198. The van der Waals surface area contributed by atoms with Crippen molar-refractivity contribution in [3.8, 4) is 0 Å². The normalized spacial score (nSPS) is 58.2. The molecule has 0 radical (unpaired) electrons. The van der Waals surface area contributed by atoms with Gasteiger partial charge in [-0.3, -0.25) is 4.79 Å². The number of carbonyl (C=O) groups excluding carboxylic acids is 1. The summed E-state index contributed by atoms with van der Waals surface area (Å²) in [6, 6.07) is 0. The lowest BCUT2D eigenvalue weighted by Crippen LogP contribution is -2.68. The SMILES string of the molecule is CC(C)[C@@H](C)[C@H]1C[C@H]1[C@@H](C)[C@H]1CC[C@H]2[C@@H]3C[C@@H](O)[C@]45O[C@H]4C=CC(=O)[C@]5(C)[C@H]3[C@H](O)C[C@]12C. The number of ketones is 1. The molecule has 1 aliphatic heterocycles. The van der Waals surface area contributed by atoms with Gasteiger partial charge in [0.1, 0.15) is 11.7 Å². The smallest absolute Gasteiger partial charge is 0.164 e. The third-order valence-corrected chi connectivity index (χ3v) is 12.5. The Hall–Kier alpha value is -0.710. The van der Waals surface area contributed by atoms with Crippen molar-refractivity contribution < 1.29 is 19.7 Å². The summed E-state index contributed by atoms with van der Waals surface area (Å²) in [5, 5.41) is 23.1. The predicted molar refractivity (Wildman–Crippen MR) is 127 cm³/mol. The van der Waals surface area contributed by atoms with E-state index >= 15 is 0 Å². The highest BCUT2D eigenvalue weighted by atomic mass is 16.6. The Morgan fingerprint density at radius 3 is 2.48 bits per heavy atom. The van der Waals surface area contributed by atoms with Crippen LogP contribution in [0.25, 0.3) is 0 Å². The zero-order chi connectivity index (χ0) is 23.7. The number of fused-ring (bicyclic) bond motifs is 4. The molecule has 1 spiro atoms. The van der Waals surface area contributed by atoms with Crippen LogP contribution < -0.4 is 0 Å². The molecular weight excluding hydrogens is 412 g/mol. The van der Waals surface area contributed by atoms with Gasteiger partial charge in [0.05, 0.1) is 17.6 Å². The molecule has 5 aliphatic carbocycles. The van der Waals surface area contributed by atoms with Crippen molar-refractivity contribution in [1.29, 1.82) is 0 Å². The number of aliphatic hydroxyl groups excluding tert-OH is 2. The van der Waals surface area contributed by atoms with Gasteiger partial charge in [-0.1, -0.05) is 34.6 Å². The van der Waals surface area contributed by atoms with Crippen molar-refractivity contribution in [3.05, 3.63) is 12.2 Å². The number of carbonyl (C=O) groups is 1. The molecule has 5 fully saturated rings. The van der Waals surface area contributed by atoms with Gasteiger partial charge in [-0.2, -0.15) is 0 Å². The van der Waals surface area contributed by atoms with E-state index in [2.05, 4.69) is 34.6 Å². The first kappa shape index (κ1) is 22.7. The van der Waals surface area contributed by atoms with E-state index in [-0.39, 0.29) is 29.1 Å². The number of hydrogen-bond donors (Lipinski definition) is 2. The van der Waals surface area contributed by atoms with E-state index in [4.69, 9.17) is 4.74 Å². The molecule has 0 amide bonds. The monoisotopic (exact) mass is 456 g/mol. The summed E-state index contributed by atoms with van der Waals surface area (Å²) in [4.78, 5) is 13.3. The second-order valence-corrected chi connectivity index (χ2v) is 13.8. The van der Waals surface area contributed by atoms with E-state index < -0.39 is 23.2 Å². The standard InChI is InChI=1S/C29H44O4/c1-14(2)15(3)17-11-18(17)16(4)20-7-8-21-19-12-24(32)29-25(33-29)10-9-23(31)28(29,6)26(19)22(30)13-27(20,21)5/h9-10,14-22,24-26,30,32H,7-8,11-13H2,1-6H3/t15-,16-,17-,18+,19+,20-,21+,22-,24-,25+,26-,27-,28-,29+/m1/s1. The van der Waals surface area contributed by atoms with Crippen molar-refractivity contribution in [3.63, 3.8) is 0 Å². The van der Waals surface area contributed by atoms with Crippen molar-refractivity contribution in [2.75, 3.05) is 0 Å². The number of ether oxygens (including phenoxy) is 1. The molecule has 1 heterocycles. The molecule has 184 valence electrons. The van der Waals surface area contributed by atoms with Crippen LogP contribution in [0.3, 0.4) is 0 Å². The van der Waals surface area contributed by atoms with Gasteiger partial charge in [-0.25, -0.2) is 0 Å². The van der Waals surface area contributed by atoms with Gasteiger partial charge in [0.15, 0.2) is 5.78 Å². The van der Waals surface area contributed by atoms with Crippen LogP contribution >= 0.6 is 0 Å². The molecule has 0 aromatic rings. The van der Waals surface area contributed by atoms with Gasteiger partial charge in [0.25, 0.3) is 0 Å². The van der Waals surface area contributed by atoms with E-state index in [0.717, 1.165) is 30.1 Å². The van der Waals surface area contributed by atoms with Crippen LogP contribution in [-0.4, -0.2) is 39.9 Å². The fourth-order valence-corrected chi connectivity index (χ4v) is 10.4. The maximum absolute atomic E-state index is 13.3. The third-order valence-electron chi connectivity index (χ3n) is 12.5. The second kappa shape index (κ2) is 6.95. The van der Waals surface area contributed by atoms with Crippen LogP contribution in [0, 0.1) is 64.1 Å². The highest BCUT2D eigenvalue weighted by Gasteiger charge is 2.80. The molecule has 14 atom stereocenters. The van der Waals surface area contributed by atoms with E-state index in [0.29, 0.717) is 24.2 Å². The first-order chi connectivity index (χ1) is 15.5. The summed E-state index contributed by atoms with van der Waals surface area (Å²) < 4.78 is 6.07. The molecular formula is C29H44O4. The summed E-state index contributed by atoms with van der Waals surface area (Å²) in [6.07, 6.45) is 7.37. The quantitative estimate of drug-likeness (QED) is 0.605. The van der Waals surface area contributed by atoms with Crippen molar-refractivity contribution in [2.24, 2.45) is 64.1 Å². The molecule has 6 aliphatic rings. The van der Waals surface area contributed by atoms with Gasteiger partial charge < -0.3 is 14.9 Å². The van der Waals surface area contributed by atoms with E-state index in [1.165, 1.54) is 19.3 Å². The molecule has 2 N–H and O–H groups in total. The number of hydrogen-bond acceptors (Lipinski definition) is 4. The van der Waals surface area contributed by atoms with Crippen LogP contribution in [-0.2, 0) is 9.53 Å². The Morgan fingerprint density at radius 1 is 1.06 bits per heavy atom. The molecule has 1 saturated heterocycles. The summed E-state index contributed by atoms with van der Waals surface area (Å²) in [6.45, 7) is 14.0. The minimum atomic E-state index is -0.826. The average molecular weight is 457 g/mol. The van der Waals surface area contributed by atoms with Gasteiger partial charge in [0.2, 0.25) is 0 Å². The highest BCUT2D eigenvalue weighted by Crippen LogP contribution is 2.72. The number of allylic oxidation sites excluding steroid dienone is 1. The zero-order valence-electron chi connectivity index (χ0n) is 21.3. The lowest BCUT2D eigenvalue weighted by Gasteiger charge is -2.61. The zero-order valence-corrected chi connectivity index (χ0v) is 21.3. The van der Waals surface area contributed by atoms with Gasteiger partial charge >= 0.3 is 0 Å². The maximum atomic E-state index is 13.3. The molecule has 0 aromatic carbocycles. The maximum Gasteiger partial charge on any atom is 0.164 e. The highest BCUT2D eigenvalue weighted by molar-refractivity contribution is 5.98. The van der Waals surface area contributed by atoms with Crippen LogP contribution in [0.1, 0.15) is 73.6 Å². The summed E-state index contributed by atoms with van der Waals surface area (Å²) in [5.41, 5.74) is -1.55. The topological polar surface area (TPSA) is 70.1 Å². The fourth-order valence-electron chi connectivity index (χ4n) is 10.4. The van der Waals surface area contributed by atoms with Crippen LogP contribution in [0.15, 0.2) is 12.2 Å². The molecule has 0 unspecified atom stereocenters. The van der Waals surface area contributed by atoms with Gasteiger partial charge in [-0.05, 0) is 104 Å². The Bertz CT molecular complexity index is 881. The molecule has 33 heavy (non-hydrogen) atoms. The first-order valence-corrected chi connectivity index (χ1v) is 13.7. The molecule has 6 rings (SSSR count). The third kappa shape index (κ3) is 2.67. The summed E-state index contributed by atoms with van der Waals surface area (Å²) >= 11 is 0. The van der Waals surface area contributed by atoms with Crippen LogP contribution in [0.5, 0.6) is 0 Å². The second-order valence-electron chi connectivity index (χ2n) is 13.8. The lowest BCUT2D eigenvalue weighted by atomic mass is 9.43. The van der Waals surface area contributed by atoms with Gasteiger partial charge in [-0.15, -0.1) is 0 Å². The first-order valence-electron chi connectivity index (χ1n) is 13.7. The Morgan fingerprint density at radius 2 is 1.79 bits per heavy atom. The molecule has 0 aromatic heterocycles. The largest absolute Gasteiger partial charge is 0.393 e. The molecule has 4 nitrogen and oxygen atoms in total. The van der Waals surface area contributed by atoms with Crippen LogP contribution in [0.4, 0.5) is 0 Å². The number of aliphatic hydroxyl groups is 2. The van der Waals surface area contributed by atoms with Crippen molar-refractivity contribution in [2.45, 2.75) is 97.6 Å². The summed E-state index contributed by atoms with van der Waals surface area (Å²) in [5.74, 6) is 5.08. The number of epoxide rings is 1. The molecule has 0 bridgehead atoms. The van der Waals surface area contributed by atoms with Crippen molar-refractivity contribution in [1.82, 2.24) is 0 Å². The Balaban J connectivity index is 1.29.